The molecule has 0 bridgehead atoms. The predicted molar refractivity (Wildman–Crippen MR) is 69.8 cm³/mol. The number of hydrogen-bond acceptors (Lipinski definition) is 3. The molecule has 1 aliphatic carbocycles. The third kappa shape index (κ3) is 5.55. The highest BCUT2D eigenvalue weighted by Crippen LogP contribution is 2.31. The lowest BCUT2D eigenvalue weighted by molar-refractivity contribution is 0.163. The molecule has 0 heterocycles. The summed E-state index contributed by atoms with van der Waals surface area (Å²) in [4.78, 5) is 0. The van der Waals surface area contributed by atoms with E-state index < -0.39 is 10.0 Å². The molecular formula is C11H22ClNO3S. The maximum Gasteiger partial charge on any atom is 0.213 e. The van der Waals surface area contributed by atoms with Crippen molar-refractivity contribution >= 4 is 21.6 Å². The molecular weight excluding hydrogens is 262 g/mol. The van der Waals surface area contributed by atoms with Gasteiger partial charge in [0, 0.05) is 19.0 Å². The summed E-state index contributed by atoms with van der Waals surface area (Å²) < 4.78 is 31.0. The van der Waals surface area contributed by atoms with Gasteiger partial charge >= 0.3 is 0 Å². The van der Waals surface area contributed by atoms with Crippen LogP contribution in [0.5, 0.6) is 0 Å². The molecule has 6 heteroatoms. The van der Waals surface area contributed by atoms with Gasteiger partial charge in [-0.25, -0.2) is 13.1 Å². The molecule has 0 aromatic carbocycles. The smallest absolute Gasteiger partial charge is 0.213 e. The van der Waals surface area contributed by atoms with E-state index >= 15 is 0 Å². The first kappa shape index (κ1) is 15.2. The highest BCUT2D eigenvalue weighted by atomic mass is 35.5. The number of hydrogen-bond donors (Lipinski definition) is 1. The zero-order chi connectivity index (χ0) is 12.7. The van der Waals surface area contributed by atoms with Crippen molar-refractivity contribution in [2.24, 2.45) is 11.8 Å². The summed E-state index contributed by atoms with van der Waals surface area (Å²) in [6.07, 6.45) is 3.35. The Bertz CT molecular complexity index is 308. The van der Waals surface area contributed by atoms with Gasteiger partial charge in [0.1, 0.15) is 0 Å². The second-order valence-electron chi connectivity index (χ2n) is 4.47. The Kier molecular flexibility index (Phi) is 6.77. The molecule has 1 rings (SSSR count). The van der Waals surface area contributed by atoms with E-state index in [1.54, 1.807) is 0 Å². The molecule has 0 aromatic heterocycles. The lowest BCUT2D eigenvalue weighted by Gasteiger charge is -2.17. The molecule has 2 atom stereocenters. The van der Waals surface area contributed by atoms with Crippen LogP contribution in [0, 0.1) is 11.8 Å². The Morgan fingerprint density at radius 3 is 2.71 bits per heavy atom. The Labute approximate surface area is 109 Å². The quantitative estimate of drug-likeness (QED) is 0.544. The van der Waals surface area contributed by atoms with Gasteiger partial charge < -0.3 is 4.74 Å². The minimum absolute atomic E-state index is 0.0408. The van der Waals surface area contributed by atoms with Crippen molar-refractivity contribution in [3.05, 3.63) is 0 Å². The molecule has 102 valence electrons. The highest BCUT2D eigenvalue weighted by Gasteiger charge is 2.27. The first-order valence-corrected chi connectivity index (χ1v) is 8.38. The molecule has 1 N–H and O–H groups in total. The fraction of sp³-hybridized carbons (Fsp3) is 1.00. The van der Waals surface area contributed by atoms with Crippen LogP contribution in [0.15, 0.2) is 0 Å². The molecule has 0 amide bonds. The van der Waals surface area contributed by atoms with E-state index in [4.69, 9.17) is 16.3 Å². The zero-order valence-electron chi connectivity index (χ0n) is 10.3. The molecule has 1 aliphatic rings. The maximum atomic E-state index is 11.6. The van der Waals surface area contributed by atoms with E-state index in [0.717, 1.165) is 19.3 Å². The van der Waals surface area contributed by atoms with Gasteiger partial charge in [-0.15, -0.1) is 11.6 Å². The van der Waals surface area contributed by atoms with Crippen molar-refractivity contribution in [2.75, 3.05) is 31.4 Å². The molecule has 0 aliphatic heterocycles. The first-order valence-electron chi connectivity index (χ1n) is 6.20. The van der Waals surface area contributed by atoms with E-state index in [9.17, 15) is 8.42 Å². The molecule has 0 spiro atoms. The average molecular weight is 284 g/mol. The number of rotatable bonds is 8. The van der Waals surface area contributed by atoms with Crippen LogP contribution < -0.4 is 4.72 Å². The average Bonchev–Trinajstić information content (AvgIpc) is 2.74. The van der Waals surface area contributed by atoms with Crippen LogP contribution in [0.1, 0.15) is 26.2 Å². The van der Waals surface area contributed by atoms with E-state index in [2.05, 4.69) is 4.72 Å². The second kappa shape index (κ2) is 7.56. The number of halogens is 1. The van der Waals surface area contributed by atoms with E-state index in [0.29, 0.717) is 30.9 Å². The lowest BCUT2D eigenvalue weighted by atomic mass is 9.98. The maximum absolute atomic E-state index is 11.6. The van der Waals surface area contributed by atoms with Gasteiger partial charge in [-0.05, 0) is 31.6 Å². The Morgan fingerprint density at radius 1 is 1.35 bits per heavy atom. The van der Waals surface area contributed by atoms with Crippen LogP contribution >= 0.6 is 11.6 Å². The van der Waals surface area contributed by atoms with Gasteiger partial charge in [-0.2, -0.15) is 0 Å². The molecule has 1 fully saturated rings. The summed E-state index contributed by atoms with van der Waals surface area (Å²) in [5, 5.41) is 0. The van der Waals surface area contributed by atoms with E-state index in [1.807, 2.05) is 6.92 Å². The third-order valence-electron chi connectivity index (χ3n) is 3.28. The molecule has 0 aromatic rings. The minimum Gasteiger partial charge on any atom is -0.381 e. The van der Waals surface area contributed by atoms with Crippen molar-refractivity contribution in [2.45, 2.75) is 26.2 Å². The summed E-state index contributed by atoms with van der Waals surface area (Å²) in [5.74, 6) is 1.53. The van der Waals surface area contributed by atoms with Crippen molar-refractivity contribution in [1.29, 1.82) is 0 Å². The van der Waals surface area contributed by atoms with Crippen LogP contribution in [-0.2, 0) is 14.8 Å². The second-order valence-corrected chi connectivity index (χ2v) is 6.70. The number of ether oxygens (including phenoxy) is 1. The molecule has 2 unspecified atom stereocenters. The van der Waals surface area contributed by atoms with Crippen LogP contribution in [0.2, 0.25) is 0 Å². The molecule has 0 saturated heterocycles. The van der Waals surface area contributed by atoms with Crippen LogP contribution in [-0.4, -0.2) is 39.8 Å². The van der Waals surface area contributed by atoms with Crippen molar-refractivity contribution in [3.63, 3.8) is 0 Å². The highest BCUT2D eigenvalue weighted by molar-refractivity contribution is 7.89. The van der Waals surface area contributed by atoms with Gasteiger partial charge in [0.2, 0.25) is 10.0 Å². The SMILES string of the molecule is CCOCCS(=O)(=O)NCC1CCCC1CCl. The minimum atomic E-state index is -3.19. The Balaban J connectivity index is 2.28. The molecule has 17 heavy (non-hydrogen) atoms. The number of alkyl halides is 1. The normalized spacial score (nSPS) is 25.3. The fourth-order valence-corrected chi connectivity index (χ4v) is 3.56. The zero-order valence-corrected chi connectivity index (χ0v) is 11.9. The van der Waals surface area contributed by atoms with E-state index in [-0.39, 0.29) is 12.4 Å². The molecule has 1 saturated carbocycles. The lowest BCUT2D eigenvalue weighted by Crippen LogP contribution is -2.34. The Hall–Kier alpha value is 0.160. The molecule has 4 nitrogen and oxygen atoms in total. The largest absolute Gasteiger partial charge is 0.381 e. The van der Waals surface area contributed by atoms with E-state index in [1.165, 1.54) is 0 Å². The van der Waals surface area contributed by atoms with Gasteiger partial charge in [-0.3, -0.25) is 0 Å². The molecule has 0 radical (unpaired) electrons. The monoisotopic (exact) mass is 283 g/mol. The summed E-state index contributed by atoms with van der Waals surface area (Å²) >= 11 is 5.86. The first-order chi connectivity index (χ1) is 8.09. The Morgan fingerprint density at radius 2 is 2.06 bits per heavy atom. The van der Waals surface area contributed by atoms with Crippen LogP contribution in [0.4, 0.5) is 0 Å². The van der Waals surface area contributed by atoms with Crippen molar-refractivity contribution < 1.29 is 13.2 Å². The third-order valence-corrected chi connectivity index (χ3v) is 4.99. The number of nitrogens with one attached hydrogen (secondary N) is 1. The fourth-order valence-electron chi connectivity index (χ4n) is 2.20. The van der Waals surface area contributed by atoms with Gasteiger partial charge in [0.15, 0.2) is 0 Å². The summed E-state index contributed by atoms with van der Waals surface area (Å²) in [5.41, 5.74) is 0. The summed E-state index contributed by atoms with van der Waals surface area (Å²) in [7, 11) is -3.19. The predicted octanol–water partition coefficient (Wildman–Crippen LogP) is 1.60. The van der Waals surface area contributed by atoms with Gasteiger partial charge in [0.25, 0.3) is 0 Å². The summed E-state index contributed by atoms with van der Waals surface area (Å²) in [6.45, 7) is 3.18. The number of sulfonamides is 1. The van der Waals surface area contributed by atoms with Crippen molar-refractivity contribution in [1.82, 2.24) is 4.72 Å². The van der Waals surface area contributed by atoms with Crippen molar-refractivity contribution in [3.8, 4) is 0 Å². The van der Waals surface area contributed by atoms with Crippen LogP contribution in [0.3, 0.4) is 0 Å². The summed E-state index contributed by atoms with van der Waals surface area (Å²) in [6, 6.07) is 0. The van der Waals surface area contributed by atoms with Gasteiger partial charge in [0.05, 0.1) is 12.4 Å². The topological polar surface area (TPSA) is 55.4 Å². The van der Waals surface area contributed by atoms with Gasteiger partial charge in [-0.1, -0.05) is 6.42 Å². The standard InChI is InChI=1S/C11H22ClNO3S/c1-2-16-6-7-17(14,15)13-9-11-5-3-4-10(11)8-12/h10-11,13H,2-9H2,1H3. The van der Waals surface area contributed by atoms with Crippen LogP contribution in [0.25, 0.3) is 0 Å².